The van der Waals surface area contributed by atoms with Crippen molar-refractivity contribution >= 4 is 17.3 Å². The second-order valence-corrected chi connectivity index (χ2v) is 6.72. The Labute approximate surface area is 139 Å². The molecule has 1 atom stereocenters. The Morgan fingerprint density at radius 3 is 2.65 bits per heavy atom. The minimum atomic E-state index is -1.85. The molecule has 3 rings (SSSR count). The number of hydrogen-bond acceptors (Lipinski definition) is 6. The number of aliphatic hydroxyl groups is 1. The van der Waals surface area contributed by atoms with Crippen molar-refractivity contribution in [1.29, 1.82) is 0 Å². The molecule has 0 radical (unpaired) electrons. The molecule has 1 unspecified atom stereocenters. The van der Waals surface area contributed by atoms with Crippen molar-refractivity contribution in [2.24, 2.45) is 0 Å². The quantitative estimate of drug-likeness (QED) is 0.868. The number of nitrogens with zero attached hydrogens (tertiary/aromatic N) is 2. The highest BCUT2D eigenvalue weighted by Crippen LogP contribution is 2.33. The van der Waals surface area contributed by atoms with Gasteiger partial charge in [-0.1, -0.05) is 30.3 Å². The molecular weight excluding hydrogens is 312 g/mol. The van der Waals surface area contributed by atoms with Crippen molar-refractivity contribution in [3.05, 3.63) is 52.5 Å². The van der Waals surface area contributed by atoms with E-state index in [-0.39, 0.29) is 6.10 Å². The highest BCUT2D eigenvalue weighted by molar-refractivity contribution is 7.09. The van der Waals surface area contributed by atoms with Crippen LogP contribution in [0.4, 0.5) is 0 Å². The number of ether oxygens (including phenoxy) is 1. The SMILES string of the molecule is CN1CCC(OC(=O)C(O)(c2ccccc2)c2nccs2)CC1. The minimum Gasteiger partial charge on any atom is -0.460 e. The molecule has 23 heavy (non-hydrogen) atoms. The van der Waals surface area contributed by atoms with Crippen LogP contribution in [0, 0.1) is 0 Å². The predicted octanol–water partition coefficient (Wildman–Crippen LogP) is 2.02. The Morgan fingerprint density at radius 2 is 2.04 bits per heavy atom. The maximum atomic E-state index is 12.8. The lowest BCUT2D eigenvalue weighted by Crippen LogP contribution is -2.43. The van der Waals surface area contributed by atoms with Crippen LogP contribution in [-0.2, 0) is 15.1 Å². The summed E-state index contributed by atoms with van der Waals surface area (Å²) in [6, 6.07) is 8.86. The Morgan fingerprint density at radius 1 is 1.35 bits per heavy atom. The van der Waals surface area contributed by atoms with Crippen LogP contribution in [0.1, 0.15) is 23.4 Å². The molecule has 1 fully saturated rings. The molecule has 2 heterocycles. The molecule has 0 spiro atoms. The summed E-state index contributed by atoms with van der Waals surface area (Å²) in [4.78, 5) is 19.1. The molecule has 0 bridgehead atoms. The smallest absolute Gasteiger partial charge is 0.350 e. The van der Waals surface area contributed by atoms with E-state index in [9.17, 15) is 9.90 Å². The zero-order valence-electron chi connectivity index (χ0n) is 13.0. The number of esters is 1. The van der Waals surface area contributed by atoms with Crippen molar-refractivity contribution in [3.63, 3.8) is 0 Å². The fraction of sp³-hybridized carbons (Fsp3) is 0.412. The lowest BCUT2D eigenvalue weighted by Gasteiger charge is -2.31. The first-order valence-corrected chi connectivity index (χ1v) is 8.56. The summed E-state index contributed by atoms with van der Waals surface area (Å²) in [7, 11) is 2.05. The van der Waals surface area contributed by atoms with Crippen LogP contribution in [0.25, 0.3) is 0 Å². The van der Waals surface area contributed by atoms with E-state index in [1.54, 1.807) is 35.8 Å². The average Bonchev–Trinajstić information content (AvgIpc) is 3.12. The lowest BCUT2D eigenvalue weighted by atomic mass is 9.94. The topological polar surface area (TPSA) is 62.7 Å². The third kappa shape index (κ3) is 3.29. The van der Waals surface area contributed by atoms with Crippen molar-refractivity contribution < 1.29 is 14.6 Å². The first-order valence-electron chi connectivity index (χ1n) is 7.68. The first kappa shape index (κ1) is 16.1. The van der Waals surface area contributed by atoms with Gasteiger partial charge in [0.05, 0.1) is 0 Å². The monoisotopic (exact) mass is 332 g/mol. The molecule has 1 aromatic carbocycles. The van der Waals surface area contributed by atoms with E-state index in [1.807, 2.05) is 13.1 Å². The standard InChI is InChI=1S/C17H20N2O3S/c1-19-10-7-14(8-11-19)22-16(20)17(21,15-18-9-12-23-15)13-5-3-2-4-6-13/h2-6,9,12,14,21H,7-8,10-11H2,1H3. The van der Waals surface area contributed by atoms with Crippen LogP contribution in [0.5, 0.6) is 0 Å². The van der Waals surface area contributed by atoms with E-state index in [1.165, 1.54) is 11.3 Å². The summed E-state index contributed by atoms with van der Waals surface area (Å²) in [5.74, 6) is -0.645. The Kier molecular flexibility index (Phi) is 4.75. The van der Waals surface area contributed by atoms with E-state index in [0.29, 0.717) is 10.6 Å². The molecule has 1 aliphatic rings. The number of piperidine rings is 1. The van der Waals surface area contributed by atoms with Gasteiger partial charge in [-0.15, -0.1) is 11.3 Å². The number of hydrogen-bond donors (Lipinski definition) is 1. The van der Waals surface area contributed by atoms with Crippen LogP contribution in [-0.4, -0.2) is 47.2 Å². The molecule has 122 valence electrons. The van der Waals surface area contributed by atoms with Crippen molar-refractivity contribution in [2.45, 2.75) is 24.5 Å². The molecule has 0 amide bonds. The normalized spacial score (nSPS) is 19.2. The number of thiazole rings is 1. The third-order valence-corrected chi connectivity index (χ3v) is 5.05. The molecule has 6 heteroatoms. The van der Waals surface area contributed by atoms with E-state index in [4.69, 9.17) is 4.74 Å². The summed E-state index contributed by atoms with van der Waals surface area (Å²) in [5.41, 5.74) is -1.37. The number of aromatic nitrogens is 1. The zero-order chi connectivity index (χ0) is 16.3. The number of carbonyl (C=O) groups excluding carboxylic acids is 1. The maximum absolute atomic E-state index is 12.8. The number of carbonyl (C=O) groups is 1. The molecule has 5 nitrogen and oxygen atoms in total. The van der Waals surface area contributed by atoms with E-state index >= 15 is 0 Å². The first-order chi connectivity index (χ1) is 11.1. The van der Waals surface area contributed by atoms with Gasteiger partial charge in [0, 0.05) is 30.2 Å². The highest BCUT2D eigenvalue weighted by Gasteiger charge is 2.45. The molecule has 0 saturated carbocycles. The molecule has 0 aliphatic carbocycles. The van der Waals surface area contributed by atoms with Crippen LogP contribution >= 0.6 is 11.3 Å². The summed E-state index contributed by atoms with van der Waals surface area (Å²) in [5, 5.41) is 13.2. The summed E-state index contributed by atoms with van der Waals surface area (Å²) in [6.07, 6.45) is 2.99. The van der Waals surface area contributed by atoms with Crippen molar-refractivity contribution in [2.75, 3.05) is 20.1 Å². The highest BCUT2D eigenvalue weighted by atomic mass is 32.1. The second kappa shape index (κ2) is 6.78. The zero-order valence-corrected chi connectivity index (χ0v) is 13.8. The van der Waals surface area contributed by atoms with Crippen LogP contribution in [0.15, 0.2) is 41.9 Å². The Balaban J connectivity index is 1.86. The van der Waals surface area contributed by atoms with Crippen LogP contribution < -0.4 is 0 Å². The van der Waals surface area contributed by atoms with Crippen LogP contribution in [0.3, 0.4) is 0 Å². The largest absolute Gasteiger partial charge is 0.460 e. The Bertz CT molecular complexity index is 639. The average molecular weight is 332 g/mol. The van der Waals surface area contributed by atoms with Gasteiger partial charge in [-0.25, -0.2) is 9.78 Å². The van der Waals surface area contributed by atoms with Gasteiger partial charge in [-0.2, -0.15) is 0 Å². The van der Waals surface area contributed by atoms with Crippen LogP contribution in [0.2, 0.25) is 0 Å². The van der Waals surface area contributed by atoms with Crippen molar-refractivity contribution in [1.82, 2.24) is 9.88 Å². The van der Waals surface area contributed by atoms with Gasteiger partial charge >= 0.3 is 5.97 Å². The molecule has 2 aromatic rings. The van der Waals surface area contributed by atoms with Gasteiger partial charge in [-0.3, -0.25) is 0 Å². The number of likely N-dealkylation sites (tertiary alicyclic amines) is 1. The van der Waals surface area contributed by atoms with E-state index in [0.717, 1.165) is 25.9 Å². The molecule has 1 aromatic heterocycles. The summed E-state index contributed by atoms with van der Waals surface area (Å²) in [6.45, 7) is 1.78. The molecule has 1 saturated heterocycles. The molecule has 1 aliphatic heterocycles. The predicted molar refractivity (Wildman–Crippen MR) is 88.2 cm³/mol. The number of benzene rings is 1. The van der Waals surface area contributed by atoms with Gasteiger partial charge < -0.3 is 14.7 Å². The third-order valence-electron chi connectivity index (χ3n) is 4.17. The fourth-order valence-electron chi connectivity index (χ4n) is 2.75. The Hall–Kier alpha value is -1.76. The summed E-state index contributed by atoms with van der Waals surface area (Å²) < 4.78 is 5.63. The summed E-state index contributed by atoms with van der Waals surface area (Å²) >= 11 is 1.25. The van der Waals surface area contributed by atoms with Gasteiger partial charge in [0.2, 0.25) is 5.60 Å². The van der Waals surface area contributed by atoms with E-state index in [2.05, 4.69) is 9.88 Å². The van der Waals surface area contributed by atoms with Crippen molar-refractivity contribution in [3.8, 4) is 0 Å². The van der Waals surface area contributed by atoms with Gasteiger partial charge in [-0.05, 0) is 19.9 Å². The second-order valence-electron chi connectivity index (χ2n) is 5.82. The fourth-order valence-corrected chi connectivity index (χ4v) is 3.49. The van der Waals surface area contributed by atoms with Gasteiger partial charge in [0.15, 0.2) is 0 Å². The van der Waals surface area contributed by atoms with Gasteiger partial charge in [0.25, 0.3) is 0 Å². The minimum absolute atomic E-state index is 0.158. The maximum Gasteiger partial charge on any atom is 0.350 e. The van der Waals surface area contributed by atoms with E-state index < -0.39 is 11.6 Å². The lowest BCUT2D eigenvalue weighted by molar-refractivity contribution is -0.169. The van der Waals surface area contributed by atoms with Gasteiger partial charge in [0.1, 0.15) is 11.1 Å². The number of rotatable bonds is 4. The molecular formula is C17H20N2O3S. The molecule has 1 N–H and O–H groups in total.